The van der Waals surface area contributed by atoms with Crippen LogP contribution in [0.3, 0.4) is 0 Å². The van der Waals surface area contributed by atoms with Crippen molar-refractivity contribution in [3.05, 3.63) is 33.8 Å². The van der Waals surface area contributed by atoms with Crippen LogP contribution in [-0.4, -0.2) is 29.3 Å². The number of benzene rings is 1. The van der Waals surface area contributed by atoms with E-state index in [0.717, 1.165) is 11.5 Å². The molecule has 2 rings (SSSR count). The Morgan fingerprint density at radius 3 is 2.94 bits per heavy atom. The Labute approximate surface area is 109 Å². The van der Waals surface area contributed by atoms with E-state index in [0.29, 0.717) is 22.2 Å². The number of ether oxygens (including phenoxy) is 1. The van der Waals surface area contributed by atoms with E-state index in [1.54, 1.807) is 30.0 Å². The molecule has 1 aromatic rings. The highest BCUT2D eigenvalue weighted by Crippen LogP contribution is 2.31. The third kappa shape index (κ3) is 2.84. The Hall–Kier alpha value is 0.0700. The molecule has 0 aromatic heterocycles. The molecule has 0 spiro atoms. The van der Waals surface area contributed by atoms with Crippen molar-refractivity contribution in [2.45, 2.75) is 12.2 Å². The molecule has 1 N–H and O–H groups in total. The maximum absolute atomic E-state index is 10.2. The number of hydrogen-bond donors (Lipinski definition) is 1. The SMILES string of the molecule is OC(c1cc(Cl)ccc1Cl)C1CSCCO1. The highest BCUT2D eigenvalue weighted by molar-refractivity contribution is 7.99. The van der Waals surface area contributed by atoms with Crippen molar-refractivity contribution in [1.29, 1.82) is 0 Å². The summed E-state index contributed by atoms with van der Waals surface area (Å²) < 4.78 is 5.52. The van der Waals surface area contributed by atoms with E-state index >= 15 is 0 Å². The summed E-state index contributed by atoms with van der Waals surface area (Å²) in [6.45, 7) is 0.671. The number of aliphatic hydroxyl groups excluding tert-OH is 1. The first kappa shape index (κ1) is 12.5. The smallest absolute Gasteiger partial charge is 0.107 e. The summed E-state index contributed by atoms with van der Waals surface area (Å²) in [7, 11) is 0. The van der Waals surface area contributed by atoms with E-state index in [4.69, 9.17) is 27.9 Å². The molecule has 0 bridgehead atoms. The zero-order chi connectivity index (χ0) is 11.5. The monoisotopic (exact) mass is 278 g/mol. The second-order valence-electron chi connectivity index (χ2n) is 3.59. The van der Waals surface area contributed by atoms with Gasteiger partial charge in [-0.1, -0.05) is 23.2 Å². The minimum Gasteiger partial charge on any atom is -0.386 e. The van der Waals surface area contributed by atoms with Crippen LogP contribution in [0.4, 0.5) is 0 Å². The summed E-state index contributed by atoms with van der Waals surface area (Å²) in [6, 6.07) is 5.09. The highest BCUT2D eigenvalue weighted by Gasteiger charge is 2.26. The maximum Gasteiger partial charge on any atom is 0.107 e. The molecule has 16 heavy (non-hydrogen) atoms. The van der Waals surface area contributed by atoms with Crippen molar-refractivity contribution in [3.63, 3.8) is 0 Å². The quantitative estimate of drug-likeness (QED) is 0.901. The van der Waals surface area contributed by atoms with E-state index < -0.39 is 6.10 Å². The van der Waals surface area contributed by atoms with Gasteiger partial charge in [-0.15, -0.1) is 0 Å². The van der Waals surface area contributed by atoms with Crippen LogP contribution in [0.5, 0.6) is 0 Å². The van der Waals surface area contributed by atoms with Crippen LogP contribution in [0.1, 0.15) is 11.7 Å². The van der Waals surface area contributed by atoms with Crippen molar-refractivity contribution >= 4 is 35.0 Å². The van der Waals surface area contributed by atoms with Gasteiger partial charge in [0, 0.05) is 27.1 Å². The van der Waals surface area contributed by atoms with Gasteiger partial charge < -0.3 is 9.84 Å². The second-order valence-corrected chi connectivity index (χ2v) is 5.59. The molecule has 1 saturated heterocycles. The molecule has 1 aliphatic heterocycles. The fourth-order valence-electron chi connectivity index (χ4n) is 1.63. The largest absolute Gasteiger partial charge is 0.386 e. The van der Waals surface area contributed by atoms with Crippen molar-refractivity contribution in [3.8, 4) is 0 Å². The standard InChI is InChI=1S/C11H12Cl2O2S/c12-7-1-2-9(13)8(5-7)11(14)10-6-16-4-3-15-10/h1-2,5,10-11,14H,3-4,6H2. The Kier molecular flexibility index (Phi) is 4.39. The van der Waals surface area contributed by atoms with Gasteiger partial charge in [-0.05, 0) is 18.2 Å². The average Bonchev–Trinajstić information content (AvgIpc) is 2.32. The van der Waals surface area contributed by atoms with Gasteiger partial charge in [0.1, 0.15) is 6.10 Å². The molecule has 1 heterocycles. The lowest BCUT2D eigenvalue weighted by Gasteiger charge is -2.27. The molecule has 0 radical (unpaired) electrons. The van der Waals surface area contributed by atoms with Gasteiger partial charge in [-0.25, -0.2) is 0 Å². The summed E-state index contributed by atoms with van der Waals surface area (Å²) in [5.41, 5.74) is 0.640. The average molecular weight is 279 g/mol. The third-order valence-corrected chi connectivity index (χ3v) is 4.07. The Balaban J connectivity index is 2.18. The van der Waals surface area contributed by atoms with Crippen LogP contribution < -0.4 is 0 Å². The minimum absolute atomic E-state index is 0.199. The summed E-state index contributed by atoms with van der Waals surface area (Å²) in [6.07, 6.45) is -0.909. The molecule has 5 heteroatoms. The maximum atomic E-state index is 10.2. The number of rotatable bonds is 2. The van der Waals surface area contributed by atoms with Gasteiger partial charge in [0.15, 0.2) is 0 Å². The van der Waals surface area contributed by atoms with Crippen LogP contribution >= 0.6 is 35.0 Å². The normalized spacial score (nSPS) is 23.1. The summed E-state index contributed by atoms with van der Waals surface area (Å²) in [4.78, 5) is 0. The number of thioether (sulfide) groups is 1. The van der Waals surface area contributed by atoms with E-state index in [1.165, 1.54) is 0 Å². The van der Waals surface area contributed by atoms with Gasteiger partial charge in [-0.3, -0.25) is 0 Å². The second kappa shape index (κ2) is 5.61. The number of hydrogen-bond acceptors (Lipinski definition) is 3. The van der Waals surface area contributed by atoms with Gasteiger partial charge in [0.2, 0.25) is 0 Å². The molecule has 1 aliphatic rings. The molecule has 2 nitrogen and oxygen atoms in total. The van der Waals surface area contributed by atoms with Gasteiger partial charge in [-0.2, -0.15) is 11.8 Å². The van der Waals surface area contributed by atoms with Gasteiger partial charge in [0.05, 0.1) is 12.7 Å². The van der Waals surface area contributed by atoms with E-state index in [1.807, 2.05) is 0 Å². The van der Waals surface area contributed by atoms with E-state index in [2.05, 4.69) is 0 Å². The Morgan fingerprint density at radius 2 is 2.25 bits per heavy atom. The van der Waals surface area contributed by atoms with Crippen LogP contribution in [0.25, 0.3) is 0 Å². The number of halogens is 2. The molecule has 88 valence electrons. The topological polar surface area (TPSA) is 29.5 Å². The van der Waals surface area contributed by atoms with Crippen LogP contribution in [0.15, 0.2) is 18.2 Å². The lowest BCUT2D eigenvalue weighted by molar-refractivity contribution is -0.0226. The molecule has 0 amide bonds. The first-order valence-corrected chi connectivity index (χ1v) is 6.92. The van der Waals surface area contributed by atoms with Gasteiger partial charge in [0.25, 0.3) is 0 Å². The summed E-state index contributed by atoms with van der Waals surface area (Å²) in [5.74, 6) is 1.76. The molecule has 1 aromatic carbocycles. The predicted octanol–water partition coefficient (Wildman–Crippen LogP) is 3.16. The predicted molar refractivity (Wildman–Crippen MR) is 68.5 cm³/mol. The van der Waals surface area contributed by atoms with Crippen molar-refractivity contribution < 1.29 is 9.84 Å². The summed E-state index contributed by atoms with van der Waals surface area (Å²) >= 11 is 13.7. The lowest BCUT2D eigenvalue weighted by Crippen LogP contribution is -2.29. The van der Waals surface area contributed by atoms with Crippen molar-refractivity contribution in [2.75, 3.05) is 18.1 Å². The van der Waals surface area contributed by atoms with Gasteiger partial charge >= 0.3 is 0 Å². The van der Waals surface area contributed by atoms with Crippen molar-refractivity contribution in [2.24, 2.45) is 0 Å². The van der Waals surface area contributed by atoms with E-state index in [9.17, 15) is 5.11 Å². The Morgan fingerprint density at radius 1 is 1.44 bits per heavy atom. The molecular weight excluding hydrogens is 267 g/mol. The molecule has 2 unspecified atom stereocenters. The molecule has 1 fully saturated rings. The van der Waals surface area contributed by atoms with Crippen LogP contribution in [-0.2, 0) is 4.74 Å². The zero-order valence-electron chi connectivity index (χ0n) is 8.53. The van der Waals surface area contributed by atoms with E-state index in [-0.39, 0.29) is 6.10 Å². The summed E-state index contributed by atoms with van der Waals surface area (Å²) in [5, 5.41) is 11.3. The first-order valence-electron chi connectivity index (χ1n) is 5.01. The number of aliphatic hydroxyl groups is 1. The zero-order valence-corrected chi connectivity index (χ0v) is 10.9. The van der Waals surface area contributed by atoms with Crippen LogP contribution in [0.2, 0.25) is 10.0 Å². The highest BCUT2D eigenvalue weighted by atomic mass is 35.5. The molecule has 2 atom stereocenters. The lowest BCUT2D eigenvalue weighted by atomic mass is 10.1. The molecule has 0 saturated carbocycles. The van der Waals surface area contributed by atoms with Crippen LogP contribution in [0, 0.1) is 0 Å². The fraction of sp³-hybridized carbons (Fsp3) is 0.455. The van der Waals surface area contributed by atoms with Crippen molar-refractivity contribution in [1.82, 2.24) is 0 Å². The fourth-order valence-corrected chi connectivity index (χ4v) is 2.93. The first-order chi connectivity index (χ1) is 7.68. The Bertz CT molecular complexity index is 367. The molecule has 0 aliphatic carbocycles. The third-order valence-electron chi connectivity index (χ3n) is 2.47. The molecular formula is C11H12Cl2O2S. The minimum atomic E-state index is -0.709.